The van der Waals surface area contributed by atoms with Gasteiger partial charge < -0.3 is 86.4 Å². The number of esters is 3. The van der Waals surface area contributed by atoms with E-state index < -0.39 is 78.0 Å². The maximum Gasteiger partial charge on any atom is 0.474 e. The highest BCUT2D eigenvalue weighted by molar-refractivity contribution is 7.52. The molecule has 3 fully saturated rings. The third-order valence-electron chi connectivity index (χ3n) is 23.8. The summed E-state index contributed by atoms with van der Waals surface area (Å²) in [5.41, 5.74) is -1.52. The van der Waals surface area contributed by atoms with E-state index in [0.29, 0.717) is 126 Å². The molecule has 130 heavy (non-hydrogen) atoms. The molecule has 6 N–H and O–H groups in total. The number of rotatable bonds is 79. The molecule has 46 heteroatoms. The second kappa shape index (κ2) is 67.2. The number of carbonyl (C=O) groups is 4. The molecule has 0 aromatic carbocycles. The number of ether oxygens (including phenoxy) is 11. The van der Waals surface area contributed by atoms with E-state index >= 15 is 0 Å². The lowest BCUT2D eigenvalue weighted by molar-refractivity contribution is -0.146. The molecule has 3 rings (SSSR count). The lowest BCUT2D eigenvalue weighted by atomic mass is 9.67. The van der Waals surface area contributed by atoms with E-state index in [2.05, 4.69) is 53.8 Å². The van der Waals surface area contributed by atoms with Crippen molar-refractivity contribution in [3.63, 3.8) is 0 Å². The van der Waals surface area contributed by atoms with E-state index in [9.17, 15) is 71.0 Å². The molecule has 3 aliphatic carbocycles. The summed E-state index contributed by atoms with van der Waals surface area (Å²) in [6, 6.07) is 1.64. The lowest BCUT2D eigenvalue weighted by Gasteiger charge is -2.44. The first-order valence-electron chi connectivity index (χ1n) is 46.2. The van der Waals surface area contributed by atoms with Crippen LogP contribution in [0.1, 0.15) is 225 Å². The molecule has 0 bridgehead atoms. The van der Waals surface area contributed by atoms with Gasteiger partial charge in [0.25, 0.3) is 0 Å². The van der Waals surface area contributed by atoms with Crippen LogP contribution in [-0.4, -0.2) is 264 Å². The first kappa shape index (κ1) is 122. The van der Waals surface area contributed by atoms with Gasteiger partial charge in [0.05, 0.1) is 168 Å². The van der Waals surface area contributed by atoms with Gasteiger partial charge in [-0.3, -0.25) is 73.5 Å². The van der Waals surface area contributed by atoms with Gasteiger partial charge in [-0.15, -0.1) is 0 Å². The molecular weight excluding hydrogens is 1830 g/mol. The van der Waals surface area contributed by atoms with Crippen molar-refractivity contribution < 1.29 is 177 Å². The molecule has 0 radical (unpaired) electrons. The van der Waals surface area contributed by atoms with Crippen molar-refractivity contribution >= 4 is 70.5 Å². The topological polar surface area (TPSA) is 520 Å². The van der Waals surface area contributed by atoms with Crippen LogP contribution in [0.4, 0.5) is 0 Å². The minimum absolute atomic E-state index is 0.0135. The number of unbranched alkanes of at least 4 members (excludes halogenated alkanes) is 9. The highest BCUT2D eigenvalue weighted by atomic mass is 31.2. The fourth-order valence-electron chi connectivity index (χ4n) is 15.4. The van der Waals surface area contributed by atoms with Crippen LogP contribution >= 0.6 is 46.7 Å². The molecule has 0 saturated heterocycles. The first-order valence-corrected chi connectivity index (χ1v) is 55.7. The summed E-state index contributed by atoms with van der Waals surface area (Å²) in [6.07, 6.45) is 8.83. The summed E-state index contributed by atoms with van der Waals surface area (Å²) < 4.78 is 207. The molecule has 13 unspecified atom stereocenters. The van der Waals surface area contributed by atoms with E-state index in [1.165, 1.54) is 27.7 Å². The molecule has 0 aromatic rings. The van der Waals surface area contributed by atoms with E-state index in [1.54, 1.807) is 6.92 Å². The van der Waals surface area contributed by atoms with Gasteiger partial charge in [-0.05, 0) is 162 Å². The molecule has 764 valence electrons. The minimum atomic E-state index is -5.03. The normalized spacial score (nSPS) is 26.0. The highest BCUT2D eigenvalue weighted by Gasteiger charge is 2.45. The SMILES string of the molecule is CCOP(=O)(OCCC#N)OCC(COCCCOP(C)(=O)O)OCCCOP(=O)(O)OCC(COCCCOP(=O)(O)OCCCCCCO[C@@H]1CC(COC(C)=O)[C@H](C)[C@H](C)C1C)(COCCCOP(=O)(O)OCCCCCCO[C@@H]1CC(COC(C)=O)[C@H](C)[C@H](C)C1C)COCCCOP(=O)(O)OCCCCCCO[C@@H]1CC(COC(C)=O)[C@H](C)[C@H](C)C1NC(C)=O. The van der Waals surface area contributed by atoms with E-state index in [-0.39, 0.29) is 242 Å². The zero-order valence-electron chi connectivity index (χ0n) is 79.5. The summed E-state index contributed by atoms with van der Waals surface area (Å²) in [6.45, 7) is 23.0. The average Bonchev–Trinajstić information content (AvgIpc) is 0.820. The van der Waals surface area contributed by atoms with Crippen molar-refractivity contribution in [2.75, 3.05) is 185 Å². The zero-order valence-corrected chi connectivity index (χ0v) is 84.9. The Balaban J connectivity index is 1.73. The number of phosphoric ester groups is 5. The monoisotopic (exact) mass is 1990 g/mol. The molecule has 40 nitrogen and oxygen atoms in total. The Morgan fingerprint density at radius 1 is 0.369 bits per heavy atom. The molecule has 1 amide bonds. The van der Waals surface area contributed by atoms with Crippen LogP contribution in [0.3, 0.4) is 0 Å². The van der Waals surface area contributed by atoms with Crippen molar-refractivity contribution in [3.05, 3.63) is 0 Å². The molecule has 0 spiro atoms. The van der Waals surface area contributed by atoms with Gasteiger partial charge in [-0.1, -0.05) is 93.9 Å². The van der Waals surface area contributed by atoms with E-state index in [4.69, 9.17) is 112 Å². The van der Waals surface area contributed by atoms with Crippen LogP contribution in [0.5, 0.6) is 0 Å². The molecule has 3 aliphatic rings. The fraction of sp³-hybridized carbons (Fsp3) is 0.940. The summed E-state index contributed by atoms with van der Waals surface area (Å²) in [5, 5.41) is 12.1. The molecule has 3 saturated carbocycles. The number of amides is 1. The Morgan fingerprint density at radius 3 is 1.08 bits per heavy atom. The van der Waals surface area contributed by atoms with Gasteiger partial charge >= 0.3 is 64.6 Å². The maximum atomic E-state index is 13.9. The highest BCUT2D eigenvalue weighted by Crippen LogP contribution is 2.51. The van der Waals surface area contributed by atoms with Crippen molar-refractivity contribution in [1.29, 1.82) is 5.26 Å². The van der Waals surface area contributed by atoms with E-state index in [1.807, 2.05) is 13.0 Å². The molecular formula is C84H160N2O38P6. The number of nitrogens with zero attached hydrogens (tertiary/aromatic N) is 1. The van der Waals surface area contributed by atoms with Crippen molar-refractivity contribution in [2.45, 2.75) is 255 Å². The maximum absolute atomic E-state index is 13.9. The Hall–Kier alpha value is -2.25. The van der Waals surface area contributed by atoms with Crippen LogP contribution in [0.15, 0.2) is 0 Å². The summed E-state index contributed by atoms with van der Waals surface area (Å²) in [5.74, 6) is 1.65. The first-order chi connectivity index (χ1) is 61.5. The quantitative estimate of drug-likeness (QED) is 0.0142. The Bertz CT molecular complexity index is 3330. The molecule has 22 atom stereocenters. The van der Waals surface area contributed by atoms with Crippen LogP contribution in [-0.2, 0) is 153 Å². The number of carbonyl (C=O) groups excluding carboxylic acids is 4. The number of hydrogen-bond donors (Lipinski definition) is 6. The van der Waals surface area contributed by atoms with Gasteiger partial charge in [-0.25, -0.2) is 22.8 Å². The number of nitriles is 1. The summed E-state index contributed by atoms with van der Waals surface area (Å²) >= 11 is 0. The van der Waals surface area contributed by atoms with Gasteiger partial charge in [0, 0.05) is 87.2 Å². The van der Waals surface area contributed by atoms with Gasteiger partial charge in [0.1, 0.15) is 6.10 Å². The Morgan fingerprint density at radius 2 is 0.708 bits per heavy atom. The Kier molecular flexibility index (Phi) is 63.0. The van der Waals surface area contributed by atoms with Crippen LogP contribution in [0.25, 0.3) is 0 Å². The largest absolute Gasteiger partial charge is 0.474 e. The zero-order chi connectivity index (χ0) is 96.7. The third-order valence-corrected chi connectivity index (χ3v) is 30.0. The Labute approximate surface area is 771 Å². The van der Waals surface area contributed by atoms with Crippen molar-refractivity contribution in [1.82, 2.24) is 5.32 Å². The molecule has 0 heterocycles. The van der Waals surface area contributed by atoms with Gasteiger partial charge in [0.15, 0.2) is 0 Å². The number of nitrogens with one attached hydrogen (secondary N) is 1. The van der Waals surface area contributed by atoms with Crippen LogP contribution in [0, 0.1) is 81.8 Å². The minimum Gasteiger partial charge on any atom is -0.466 e. The summed E-state index contributed by atoms with van der Waals surface area (Å²) in [7, 11) is -26.6. The number of hydrogen-bond acceptors (Lipinski definition) is 34. The standard InChI is InChI=1S/C84H160N2O38P6/c1-15-113-130(101,122-46-28-34-85)123-59-79(58-102-35-29-47-114-125(14,91)92)106-42-33-51-121-129(99,100)124-63-84(60-103-36-30-48-118-126(93,94)115-43-25-19-16-22-39-107-80-52-76(55-110-73(11)88)66(4)64(2)69(80)7,61-104-37-31-49-119-127(95,96)116-44-26-20-17-23-40-108-81-53-77(56-111-74(12)89)67(5)65(3)70(81)8)62-105-38-32-50-120-128(97,98)117-45-27-21-18-24-41-109-82-54-78(57-112-75(13)90)68(6)71(9)83(82)86-72(10)87/h64-71,76-83H,15-33,35-63H2,1-14H3,(H,86,87)(H,91,92)(H,93,94)(H,95,96)(H,97,98)(H,99,100)/t64-,65-,66+,67+,68+,69?,70?,71-,76?,77?,78?,79?,80+,81+,82+,83?,84?,130?/m0/s1. The van der Waals surface area contributed by atoms with Crippen LogP contribution < -0.4 is 5.32 Å². The number of phosphoric acid groups is 5. The predicted octanol–water partition coefficient (Wildman–Crippen LogP) is 15.0. The second-order valence-corrected chi connectivity index (χ2v) is 43.8. The fourth-order valence-corrected chi connectivity index (χ4v) is 20.3. The van der Waals surface area contributed by atoms with Crippen molar-refractivity contribution in [2.24, 2.45) is 70.5 Å². The smallest absolute Gasteiger partial charge is 0.466 e. The van der Waals surface area contributed by atoms with Gasteiger partial charge in [-0.2, -0.15) is 5.26 Å². The third kappa shape index (κ3) is 55.5. The average molecular weight is 1990 g/mol. The van der Waals surface area contributed by atoms with E-state index in [0.717, 1.165) is 45.2 Å². The molecule has 0 aliphatic heterocycles. The predicted molar refractivity (Wildman–Crippen MR) is 478 cm³/mol. The molecule has 0 aromatic heterocycles. The van der Waals surface area contributed by atoms with Gasteiger partial charge in [0.2, 0.25) is 5.91 Å². The van der Waals surface area contributed by atoms with Crippen LogP contribution in [0.2, 0.25) is 0 Å². The lowest BCUT2D eigenvalue weighted by Crippen LogP contribution is -2.55. The summed E-state index contributed by atoms with van der Waals surface area (Å²) in [4.78, 5) is 99.6. The van der Waals surface area contributed by atoms with Crippen molar-refractivity contribution in [3.8, 4) is 6.07 Å². The second-order valence-electron chi connectivity index (χ2n) is 34.5.